The SMILES string of the molecule is Cc1cc(C)c2c(N=[N+]=[N-])[nH]nc2n1. The van der Waals surface area contributed by atoms with Crippen LogP contribution in [0.25, 0.3) is 21.5 Å². The molecule has 0 aliphatic carbocycles. The highest BCUT2D eigenvalue weighted by Gasteiger charge is 2.07. The maximum atomic E-state index is 8.33. The van der Waals surface area contributed by atoms with Gasteiger partial charge in [0, 0.05) is 10.6 Å². The van der Waals surface area contributed by atoms with Crippen LogP contribution in [0.1, 0.15) is 11.3 Å². The molecule has 0 bridgehead atoms. The zero-order valence-electron chi connectivity index (χ0n) is 7.81. The van der Waals surface area contributed by atoms with Crippen LogP contribution in [-0.4, -0.2) is 15.2 Å². The van der Waals surface area contributed by atoms with E-state index in [4.69, 9.17) is 5.53 Å². The average molecular weight is 188 g/mol. The molecule has 0 radical (unpaired) electrons. The van der Waals surface area contributed by atoms with Crippen molar-refractivity contribution in [1.29, 1.82) is 0 Å². The average Bonchev–Trinajstić information content (AvgIpc) is 2.49. The first-order chi connectivity index (χ1) is 6.72. The van der Waals surface area contributed by atoms with Crippen molar-refractivity contribution in [3.63, 3.8) is 0 Å². The molecular formula is C8H8N6. The van der Waals surface area contributed by atoms with Crippen LogP contribution in [0.3, 0.4) is 0 Å². The third-order valence-electron chi connectivity index (χ3n) is 1.97. The molecule has 0 saturated carbocycles. The van der Waals surface area contributed by atoms with Crippen molar-refractivity contribution in [3.05, 3.63) is 27.8 Å². The lowest BCUT2D eigenvalue weighted by Gasteiger charge is -1.97. The summed E-state index contributed by atoms with van der Waals surface area (Å²) < 4.78 is 0. The van der Waals surface area contributed by atoms with Crippen LogP contribution in [0.4, 0.5) is 5.82 Å². The molecule has 2 heterocycles. The lowest BCUT2D eigenvalue weighted by Crippen LogP contribution is -1.84. The molecule has 0 atom stereocenters. The highest BCUT2D eigenvalue weighted by molar-refractivity contribution is 5.88. The lowest BCUT2D eigenvalue weighted by atomic mass is 10.2. The van der Waals surface area contributed by atoms with Gasteiger partial charge in [0.15, 0.2) is 5.65 Å². The van der Waals surface area contributed by atoms with E-state index in [1.807, 2.05) is 19.9 Å². The second-order valence-electron chi connectivity index (χ2n) is 3.04. The van der Waals surface area contributed by atoms with Crippen LogP contribution in [0.15, 0.2) is 11.2 Å². The normalized spacial score (nSPS) is 10.1. The number of pyridine rings is 1. The van der Waals surface area contributed by atoms with Gasteiger partial charge in [0.05, 0.1) is 5.39 Å². The summed E-state index contributed by atoms with van der Waals surface area (Å²) in [5.74, 6) is 0.424. The minimum absolute atomic E-state index is 0.424. The molecule has 0 aliphatic heterocycles. The van der Waals surface area contributed by atoms with Crippen LogP contribution in [-0.2, 0) is 0 Å². The standard InChI is InChI=1S/C8H8N6/c1-4-3-5(2)10-7-6(4)8(12-11-7)13-14-9/h3H,1-2H3,(H,10,11,12). The quantitative estimate of drug-likeness (QED) is 0.423. The van der Waals surface area contributed by atoms with Gasteiger partial charge in [-0.25, -0.2) is 4.98 Å². The van der Waals surface area contributed by atoms with Crippen LogP contribution >= 0.6 is 0 Å². The molecule has 2 rings (SSSR count). The van der Waals surface area contributed by atoms with E-state index in [0.29, 0.717) is 11.5 Å². The van der Waals surface area contributed by atoms with Gasteiger partial charge < -0.3 is 0 Å². The number of rotatable bonds is 1. The number of nitrogens with one attached hydrogen (secondary N) is 1. The summed E-state index contributed by atoms with van der Waals surface area (Å²) in [6.07, 6.45) is 0. The van der Waals surface area contributed by atoms with E-state index >= 15 is 0 Å². The van der Waals surface area contributed by atoms with E-state index in [1.165, 1.54) is 0 Å². The van der Waals surface area contributed by atoms with Gasteiger partial charge in [-0.05, 0) is 36.1 Å². The second-order valence-corrected chi connectivity index (χ2v) is 3.04. The van der Waals surface area contributed by atoms with Gasteiger partial charge in [0.25, 0.3) is 0 Å². The Morgan fingerprint density at radius 1 is 1.50 bits per heavy atom. The summed E-state index contributed by atoms with van der Waals surface area (Å²) in [7, 11) is 0. The van der Waals surface area contributed by atoms with Gasteiger partial charge in [-0.2, -0.15) is 5.10 Å². The van der Waals surface area contributed by atoms with E-state index in [1.54, 1.807) is 0 Å². The third kappa shape index (κ3) is 1.18. The Balaban J connectivity index is 2.85. The number of hydrogen-bond acceptors (Lipinski definition) is 3. The van der Waals surface area contributed by atoms with Crippen LogP contribution in [0.5, 0.6) is 0 Å². The fourth-order valence-corrected chi connectivity index (χ4v) is 1.47. The number of azide groups is 1. The first-order valence-corrected chi connectivity index (χ1v) is 4.10. The van der Waals surface area contributed by atoms with Crippen molar-refractivity contribution in [2.24, 2.45) is 5.11 Å². The van der Waals surface area contributed by atoms with Crippen LogP contribution in [0.2, 0.25) is 0 Å². The van der Waals surface area contributed by atoms with Gasteiger partial charge in [-0.15, -0.1) is 0 Å². The molecule has 14 heavy (non-hydrogen) atoms. The maximum Gasteiger partial charge on any atom is 0.181 e. The van der Waals surface area contributed by atoms with Crippen molar-refractivity contribution >= 4 is 16.9 Å². The van der Waals surface area contributed by atoms with E-state index in [2.05, 4.69) is 25.2 Å². The first kappa shape index (κ1) is 8.52. The minimum atomic E-state index is 0.424. The van der Waals surface area contributed by atoms with E-state index < -0.39 is 0 Å². The fourth-order valence-electron chi connectivity index (χ4n) is 1.47. The molecular weight excluding hydrogens is 180 g/mol. The number of hydrogen-bond donors (Lipinski definition) is 1. The number of H-pyrrole nitrogens is 1. The molecule has 0 aromatic carbocycles. The number of fused-ring (bicyclic) bond motifs is 1. The highest BCUT2D eigenvalue weighted by atomic mass is 15.3. The molecule has 1 N–H and O–H groups in total. The van der Waals surface area contributed by atoms with Crippen LogP contribution in [0, 0.1) is 13.8 Å². The predicted octanol–water partition coefficient (Wildman–Crippen LogP) is 2.52. The summed E-state index contributed by atoms with van der Waals surface area (Å²) in [6.45, 7) is 3.83. The van der Waals surface area contributed by atoms with Gasteiger partial charge in [-0.3, -0.25) is 5.10 Å². The molecule has 0 aliphatic rings. The Bertz CT molecular complexity index is 534. The summed E-state index contributed by atoms with van der Waals surface area (Å²) in [5.41, 5.74) is 10.8. The van der Waals surface area contributed by atoms with Gasteiger partial charge in [-0.1, -0.05) is 0 Å². The molecule has 70 valence electrons. The molecule has 0 fully saturated rings. The molecule has 6 heteroatoms. The molecule has 0 unspecified atom stereocenters. The largest absolute Gasteiger partial charge is 0.273 e. The van der Waals surface area contributed by atoms with Crippen molar-refractivity contribution in [2.75, 3.05) is 0 Å². The Labute approximate surface area is 79.6 Å². The van der Waals surface area contributed by atoms with Crippen molar-refractivity contribution in [2.45, 2.75) is 13.8 Å². The second kappa shape index (κ2) is 3.01. The van der Waals surface area contributed by atoms with Gasteiger partial charge >= 0.3 is 0 Å². The topological polar surface area (TPSA) is 90.3 Å². The van der Waals surface area contributed by atoms with Gasteiger partial charge in [0.2, 0.25) is 0 Å². The Morgan fingerprint density at radius 3 is 3.00 bits per heavy atom. The zero-order chi connectivity index (χ0) is 10.1. The number of aryl methyl sites for hydroxylation is 2. The summed E-state index contributed by atoms with van der Waals surface area (Å²) >= 11 is 0. The van der Waals surface area contributed by atoms with Gasteiger partial charge in [0.1, 0.15) is 5.82 Å². The molecule has 6 nitrogen and oxygen atoms in total. The van der Waals surface area contributed by atoms with E-state index in [-0.39, 0.29) is 0 Å². The summed E-state index contributed by atoms with van der Waals surface area (Å²) in [6, 6.07) is 1.92. The molecule has 0 amide bonds. The molecule has 0 saturated heterocycles. The van der Waals surface area contributed by atoms with E-state index in [0.717, 1.165) is 16.6 Å². The predicted molar refractivity (Wildman–Crippen MR) is 52.2 cm³/mol. The van der Waals surface area contributed by atoms with Crippen LogP contribution < -0.4 is 0 Å². The molecule has 0 spiro atoms. The Kier molecular flexibility index (Phi) is 1.83. The Morgan fingerprint density at radius 2 is 2.29 bits per heavy atom. The number of aromatic amines is 1. The molecule has 2 aromatic rings. The smallest absolute Gasteiger partial charge is 0.181 e. The maximum absolute atomic E-state index is 8.33. The number of nitrogens with zero attached hydrogens (tertiary/aromatic N) is 5. The summed E-state index contributed by atoms with van der Waals surface area (Å²) in [5, 5.41) is 10.9. The van der Waals surface area contributed by atoms with Crippen molar-refractivity contribution < 1.29 is 0 Å². The Hall–Kier alpha value is -2.07. The first-order valence-electron chi connectivity index (χ1n) is 4.10. The monoisotopic (exact) mass is 188 g/mol. The zero-order valence-corrected chi connectivity index (χ0v) is 7.81. The van der Waals surface area contributed by atoms with Crippen molar-refractivity contribution in [3.8, 4) is 0 Å². The number of aromatic nitrogens is 3. The third-order valence-corrected chi connectivity index (χ3v) is 1.97. The lowest BCUT2D eigenvalue weighted by molar-refractivity contribution is 1.08. The fraction of sp³-hybridized carbons (Fsp3) is 0.250. The highest BCUT2D eigenvalue weighted by Crippen LogP contribution is 2.25. The molecule has 2 aromatic heterocycles. The van der Waals surface area contributed by atoms with E-state index in [9.17, 15) is 0 Å². The van der Waals surface area contributed by atoms with Crippen molar-refractivity contribution in [1.82, 2.24) is 15.2 Å². The summed E-state index contributed by atoms with van der Waals surface area (Å²) in [4.78, 5) is 6.93. The minimum Gasteiger partial charge on any atom is -0.273 e.